The van der Waals surface area contributed by atoms with Crippen molar-refractivity contribution >= 4 is 0 Å². The summed E-state index contributed by atoms with van der Waals surface area (Å²) in [5.41, 5.74) is 5.58. The minimum atomic E-state index is 0.197. The number of morpholine rings is 1. The molecule has 5 heteroatoms. The molecular formula is C11H24N2O3. The van der Waals surface area contributed by atoms with Gasteiger partial charge in [-0.15, -0.1) is 0 Å². The molecule has 2 N–H and O–H groups in total. The highest BCUT2D eigenvalue weighted by atomic mass is 16.5. The molecule has 0 aromatic carbocycles. The Morgan fingerprint density at radius 1 is 1.38 bits per heavy atom. The molecule has 1 fully saturated rings. The third-order valence-corrected chi connectivity index (χ3v) is 2.67. The Hall–Kier alpha value is -0.200. The van der Waals surface area contributed by atoms with Crippen molar-refractivity contribution in [3.05, 3.63) is 0 Å². The van der Waals surface area contributed by atoms with Gasteiger partial charge in [-0.3, -0.25) is 4.90 Å². The van der Waals surface area contributed by atoms with Crippen molar-refractivity contribution in [3.63, 3.8) is 0 Å². The Kier molecular flexibility index (Phi) is 7.71. The Balaban J connectivity index is 1.95. The number of ether oxygens (including phenoxy) is 3. The Morgan fingerprint density at radius 2 is 2.25 bits per heavy atom. The van der Waals surface area contributed by atoms with Gasteiger partial charge < -0.3 is 19.9 Å². The molecule has 16 heavy (non-hydrogen) atoms. The molecule has 5 nitrogen and oxygen atoms in total. The zero-order chi connectivity index (χ0) is 11.6. The number of nitrogens with two attached hydrogens (primary N) is 1. The maximum absolute atomic E-state index is 5.58. The van der Waals surface area contributed by atoms with E-state index in [4.69, 9.17) is 19.9 Å². The van der Waals surface area contributed by atoms with Crippen LogP contribution in [-0.2, 0) is 14.2 Å². The van der Waals surface area contributed by atoms with Gasteiger partial charge in [0.25, 0.3) is 0 Å². The van der Waals surface area contributed by atoms with Crippen molar-refractivity contribution < 1.29 is 14.2 Å². The van der Waals surface area contributed by atoms with Crippen LogP contribution < -0.4 is 5.73 Å². The fraction of sp³-hybridized carbons (Fsp3) is 1.00. The molecule has 1 unspecified atom stereocenters. The van der Waals surface area contributed by atoms with Crippen molar-refractivity contribution in [2.45, 2.75) is 12.5 Å². The van der Waals surface area contributed by atoms with Crippen LogP contribution in [0.4, 0.5) is 0 Å². The number of methoxy groups -OCH3 is 1. The van der Waals surface area contributed by atoms with Crippen molar-refractivity contribution in [1.82, 2.24) is 4.90 Å². The lowest BCUT2D eigenvalue weighted by Gasteiger charge is -2.32. The van der Waals surface area contributed by atoms with Gasteiger partial charge in [0.15, 0.2) is 0 Å². The molecule has 96 valence electrons. The lowest BCUT2D eigenvalue weighted by Crippen LogP contribution is -2.46. The Labute approximate surface area is 97.8 Å². The van der Waals surface area contributed by atoms with Gasteiger partial charge in [0.1, 0.15) is 0 Å². The molecule has 1 saturated heterocycles. The van der Waals surface area contributed by atoms with Crippen molar-refractivity contribution in [3.8, 4) is 0 Å². The van der Waals surface area contributed by atoms with E-state index in [0.717, 1.165) is 52.5 Å². The molecular weight excluding hydrogens is 208 g/mol. The molecule has 1 aliphatic heterocycles. The number of hydrogen-bond acceptors (Lipinski definition) is 5. The predicted molar refractivity (Wildman–Crippen MR) is 62.5 cm³/mol. The molecule has 0 saturated carbocycles. The quantitative estimate of drug-likeness (QED) is 0.582. The van der Waals surface area contributed by atoms with Crippen LogP contribution in [0, 0.1) is 0 Å². The monoisotopic (exact) mass is 232 g/mol. The van der Waals surface area contributed by atoms with Gasteiger partial charge in [-0.2, -0.15) is 0 Å². The highest BCUT2D eigenvalue weighted by molar-refractivity contribution is 4.71. The molecule has 0 aliphatic carbocycles. The second kappa shape index (κ2) is 8.90. The molecule has 1 aliphatic rings. The normalized spacial score (nSPS) is 22.5. The van der Waals surface area contributed by atoms with E-state index in [-0.39, 0.29) is 6.10 Å². The first-order valence-corrected chi connectivity index (χ1v) is 5.97. The van der Waals surface area contributed by atoms with Gasteiger partial charge in [0.2, 0.25) is 0 Å². The van der Waals surface area contributed by atoms with Crippen molar-refractivity contribution in [1.29, 1.82) is 0 Å². The van der Waals surface area contributed by atoms with E-state index in [1.54, 1.807) is 7.11 Å². The zero-order valence-electron chi connectivity index (χ0n) is 10.2. The molecule has 0 aromatic heterocycles. The van der Waals surface area contributed by atoms with Crippen molar-refractivity contribution in [2.24, 2.45) is 5.73 Å². The minimum absolute atomic E-state index is 0.197. The van der Waals surface area contributed by atoms with Gasteiger partial charge in [-0.05, 0) is 6.42 Å². The van der Waals surface area contributed by atoms with Crippen LogP contribution in [0.5, 0.6) is 0 Å². The van der Waals surface area contributed by atoms with E-state index >= 15 is 0 Å². The summed E-state index contributed by atoms with van der Waals surface area (Å²) >= 11 is 0. The van der Waals surface area contributed by atoms with E-state index < -0.39 is 0 Å². The topological polar surface area (TPSA) is 57.0 Å². The Morgan fingerprint density at radius 3 is 3.00 bits per heavy atom. The average Bonchev–Trinajstić information content (AvgIpc) is 2.34. The van der Waals surface area contributed by atoms with Crippen LogP contribution in [0.25, 0.3) is 0 Å². The van der Waals surface area contributed by atoms with Gasteiger partial charge in [-0.1, -0.05) is 0 Å². The highest BCUT2D eigenvalue weighted by Gasteiger charge is 2.18. The molecule has 1 atom stereocenters. The number of hydrogen-bond donors (Lipinski definition) is 1. The fourth-order valence-electron chi connectivity index (χ4n) is 1.73. The van der Waals surface area contributed by atoms with Crippen molar-refractivity contribution in [2.75, 3.05) is 59.7 Å². The van der Waals surface area contributed by atoms with Gasteiger partial charge >= 0.3 is 0 Å². The Bertz CT molecular complexity index is 169. The summed E-state index contributed by atoms with van der Waals surface area (Å²) in [7, 11) is 1.71. The molecule has 0 bridgehead atoms. The van der Waals surface area contributed by atoms with E-state index in [9.17, 15) is 0 Å². The molecule has 1 heterocycles. The van der Waals surface area contributed by atoms with Crippen LogP contribution >= 0.6 is 0 Å². The molecule has 1 rings (SSSR count). The maximum Gasteiger partial charge on any atom is 0.0824 e. The first kappa shape index (κ1) is 13.9. The smallest absolute Gasteiger partial charge is 0.0824 e. The summed E-state index contributed by atoms with van der Waals surface area (Å²) in [5, 5.41) is 0. The van der Waals surface area contributed by atoms with Gasteiger partial charge in [-0.25, -0.2) is 0 Å². The first-order chi connectivity index (χ1) is 7.86. The van der Waals surface area contributed by atoms with E-state index in [0.29, 0.717) is 6.54 Å². The van der Waals surface area contributed by atoms with Gasteiger partial charge in [0.05, 0.1) is 19.3 Å². The molecule has 0 amide bonds. The number of rotatable bonds is 8. The van der Waals surface area contributed by atoms with E-state index in [1.165, 1.54) is 0 Å². The lowest BCUT2D eigenvalue weighted by molar-refractivity contribution is -0.0318. The predicted octanol–water partition coefficient (Wildman–Crippen LogP) is -0.301. The highest BCUT2D eigenvalue weighted by Crippen LogP contribution is 2.03. The fourth-order valence-corrected chi connectivity index (χ4v) is 1.73. The van der Waals surface area contributed by atoms with Crippen LogP contribution in [0.2, 0.25) is 0 Å². The maximum atomic E-state index is 5.58. The van der Waals surface area contributed by atoms with Crippen LogP contribution in [0.1, 0.15) is 6.42 Å². The average molecular weight is 232 g/mol. The lowest BCUT2D eigenvalue weighted by atomic mass is 10.3. The zero-order valence-corrected chi connectivity index (χ0v) is 10.2. The van der Waals surface area contributed by atoms with Crippen LogP contribution in [0.15, 0.2) is 0 Å². The third kappa shape index (κ3) is 5.77. The number of nitrogens with zero attached hydrogens (tertiary/aromatic N) is 1. The first-order valence-electron chi connectivity index (χ1n) is 5.97. The summed E-state index contributed by atoms with van der Waals surface area (Å²) in [6.07, 6.45) is 1.16. The largest absolute Gasteiger partial charge is 0.385 e. The summed E-state index contributed by atoms with van der Waals surface area (Å²) in [6.45, 7) is 6.59. The SMILES string of the molecule is COCCCOCCN1CCOC(CN)C1. The standard InChI is InChI=1S/C11H24N2O3/c1-14-5-2-6-15-7-3-13-4-8-16-11(9-12)10-13/h11H,2-10,12H2,1H3. The molecule has 0 radical (unpaired) electrons. The van der Waals surface area contributed by atoms with E-state index in [1.807, 2.05) is 0 Å². The van der Waals surface area contributed by atoms with Crippen LogP contribution in [0.3, 0.4) is 0 Å². The molecule has 0 aromatic rings. The summed E-state index contributed by atoms with van der Waals surface area (Å²) in [4.78, 5) is 2.34. The minimum Gasteiger partial charge on any atom is -0.385 e. The summed E-state index contributed by atoms with van der Waals surface area (Å²) in [5.74, 6) is 0. The molecule has 0 spiro atoms. The second-order valence-electron chi connectivity index (χ2n) is 3.99. The second-order valence-corrected chi connectivity index (χ2v) is 3.99. The summed E-state index contributed by atoms with van der Waals surface area (Å²) in [6, 6.07) is 0. The van der Waals surface area contributed by atoms with Gasteiger partial charge in [0, 0.05) is 46.5 Å². The summed E-state index contributed by atoms with van der Waals surface area (Å²) < 4.78 is 16.0. The van der Waals surface area contributed by atoms with E-state index in [2.05, 4.69) is 4.90 Å². The third-order valence-electron chi connectivity index (χ3n) is 2.67. The van der Waals surface area contributed by atoms with Crippen LogP contribution in [-0.4, -0.2) is 70.7 Å².